The molecule has 9 heteroatoms. The van der Waals surface area contributed by atoms with Gasteiger partial charge in [0.05, 0.1) is 11.3 Å². The Hall–Kier alpha value is -2.39. The zero-order valence-corrected chi connectivity index (χ0v) is 16.0. The van der Waals surface area contributed by atoms with Crippen molar-refractivity contribution >= 4 is 21.8 Å². The van der Waals surface area contributed by atoms with E-state index in [2.05, 4.69) is 10.6 Å². The third-order valence-corrected chi connectivity index (χ3v) is 5.99. The lowest BCUT2D eigenvalue weighted by molar-refractivity contribution is -0.129. The molecule has 1 atom stereocenters. The molecule has 1 aromatic carbocycles. The third kappa shape index (κ3) is 5.54. The van der Waals surface area contributed by atoms with Crippen LogP contribution >= 0.6 is 0 Å². The van der Waals surface area contributed by atoms with Crippen LogP contribution < -0.4 is 10.6 Å². The molecule has 1 aromatic rings. The number of nitrogens with zero attached hydrogens (tertiary/aromatic N) is 1. The monoisotopic (exact) mass is 395 g/mol. The minimum absolute atomic E-state index is 0.0573. The Morgan fingerprint density at radius 1 is 1.22 bits per heavy atom. The summed E-state index contributed by atoms with van der Waals surface area (Å²) in [5.41, 5.74) is 0.915. The number of sulfonamides is 1. The lowest BCUT2D eigenvalue weighted by Crippen LogP contribution is -2.51. The van der Waals surface area contributed by atoms with Crippen molar-refractivity contribution in [2.24, 2.45) is 0 Å². The van der Waals surface area contributed by atoms with Gasteiger partial charge in [-0.3, -0.25) is 13.9 Å². The van der Waals surface area contributed by atoms with E-state index in [9.17, 15) is 18.0 Å². The average Bonchev–Trinajstić information content (AvgIpc) is 2.63. The summed E-state index contributed by atoms with van der Waals surface area (Å²) < 4.78 is 26.7. The number of carbonyl (C=O) groups excluding carboxylic acids is 2. The van der Waals surface area contributed by atoms with E-state index >= 15 is 0 Å². The lowest BCUT2D eigenvalue weighted by Gasteiger charge is -2.31. The van der Waals surface area contributed by atoms with Crippen LogP contribution in [0.2, 0.25) is 0 Å². The Morgan fingerprint density at radius 2 is 1.93 bits per heavy atom. The number of unbranched alkanes of at least 4 members (excludes halogenated alkanes) is 2. The minimum Gasteiger partial charge on any atom is -0.396 e. The van der Waals surface area contributed by atoms with Gasteiger partial charge in [0.15, 0.2) is 0 Å². The zero-order valence-electron chi connectivity index (χ0n) is 15.2. The first-order valence-corrected chi connectivity index (χ1v) is 10.2. The fraction of sp³-hybridized carbons (Fsp3) is 0.444. The van der Waals surface area contributed by atoms with Crippen molar-refractivity contribution in [1.29, 1.82) is 0 Å². The molecule has 0 aliphatic carbocycles. The van der Waals surface area contributed by atoms with Crippen LogP contribution in [-0.4, -0.2) is 48.8 Å². The molecular formula is C18H25N3O5S. The summed E-state index contributed by atoms with van der Waals surface area (Å²) in [6.45, 7) is 2.36. The summed E-state index contributed by atoms with van der Waals surface area (Å²) in [5, 5.41) is 13.9. The molecule has 0 spiro atoms. The van der Waals surface area contributed by atoms with Gasteiger partial charge in [0.2, 0.25) is 11.8 Å². The van der Waals surface area contributed by atoms with E-state index in [0.29, 0.717) is 19.4 Å². The first kappa shape index (κ1) is 20.9. The number of benzene rings is 1. The molecule has 0 saturated heterocycles. The Balaban J connectivity index is 2.09. The van der Waals surface area contributed by atoms with Gasteiger partial charge in [0, 0.05) is 25.6 Å². The average molecular weight is 395 g/mol. The predicted octanol–water partition coefficient (Wildman–Crippen LogP) is 0.624. The van der Waals surface area contributed by atoms with Crippen molar-refractivity contribution in [1.82, 2.24) is 14.9 Å². The zero-order chi connectivity index (χ0) is 19.9. The normalized spacial score (nSPS) is 16.9. The second kappa shape index (κ2) is 9.52. The Bertz CT molecular complexity index is 790. The molecule has 1 heterocycles. The largest absolute Gasteiger partial charge is 0.396 e. The van der Waals surface area contributed by atoms with Crippen LogP contribution in [0.1, 0.15) is 31.2 Å². The smallest absolute Gasteiger partial charge is 0.264 e. The fourth-order valence-electron chi connectivity index (χ4n) is 2.66. The molecule has 1 aliphatic rings. The lowest BCUT2D eigenvalue weighted by atomic mass is 10.1. The number of aryl methyl sites for hydroxylation is 1. The van der Waals surface area contributed by atoms with Gasteiger partial charge >= 0.3 is 0 Å². The SMILES string of the molecule is Cc1ccc(S(=O)(=O)N2C=CNC(=O)[C@H]2CC(=O)NCCCCCO)cc1. The maximum absolute atomic E-state index is 12.9. The van der Waals surface area contributed by atoms with Gasteiger partial charge in [0.25, 0.3) is 10.0 Å². The molecule has 2 rings (SSSR count). The first-order valence-electron chi connectivity index (χ1n) is 8.81. The van der Waals surface area contributed by atoms with Crippen molar-refractivity contribution in [3.05, 3.63) is 42.2 Å². The maximum Gasteiger partial charge on any atom is 0.264 e. The molecule has 0 unspecified atom stereocenters. The molecule has 0 saturated carbocycles. The topological polar surface area (TPSA) is 116 Å². The van der Waals surface area contributed by atoms with Gasteiger partial charge in [-0.15, -0.1) is 0 Å². The van der Waals surface area contributed by atoms with Crippen molar-refractivity contribution < 1.29 is 23.1 Å². The molecule has 0 fully saturated rings. The molecule has 0 radical (unpaired) electrons. The number of rotatable bonds is 9. The van der Waals surface area contributed by atoms with Crippen LogP contribution in [-0.2, 0) is 19.6 Å². The maximum atomic E-state index is 12.9. The van der Waals surface area contributed by atoms with Crippen LogP contribution in [0.4, 0.5) is 0 Å². The number of nitrogens with one attached hydrogen (secondary N) is 2. The van der Waals surface area contributed by atoms with Crippen molar-refractivity contribution in [2.75, 3.05) is 13.2 Å². The molecule has 148 valence electrons. The van der Waals surface area contributed by atoms with Gasteiger partial charge in [-0.1, -0.05) is 17.7 Å². The van der Waals surface area contributed by atoms with Gasteiger partial charge < -0.3 is 15.7 Å². The highest BCUT2D eigenvalue weighted by molar-refractivity contribution is 7.89. The van der Waals surface area contributed by atoms with Crippen LogP contribution in [0, 0.1) is 6.92 Å². The highest BCUT2D eigenvalue weighted by atomic mass is 32.2. The molecule has 8 nitrogen and oxygen atoms in total. The molecule has 1 aliphatic heterocycles. The first-order chi connectivity index (χ1) is 12.9. The Labute approximate surface area is 159 Å². The van der Waals surface area contributed by atoms with Crippen molar-refractivity contribution in [2.45, 2.75) is 43.5 Å². The van der Waals surface area contributed by atoms with Gasteiger partial charge in [-0.05, 0) is 38.3 Å². The number of aliphatic hydroxyl groups is 1. The quantitative estimate of drug-likeness (QED) is 0.530. The fourth-order valence-corrected chi connectivity index (χ4v) is 4.11. The summed E-state index contributed by atoms with van der Waals surface area (Å²) >= 11 is 0. The highest BCUT2D eigenvalue weighted by Gasteiger charge is 2.36. The Morgan fingerprint density at radius 3 is 2.59 bits per heavy atom. The van der Waals surface area contributed by atoms with Crippen LogP contribution in [0.25, 0.3) is 0 Å². The van der Waals surface area contributed by atoms with Gasteiger partial charge in [-0.2, -0.15) is 0 Å². The van der Waals surface area contributed by atoms with Gasteiger partial charge in [-0.25, -0.2) is 8.42 Å². The molecule has 3 N–H and O–H groups in total. The van der Waals surface area contributed by atoms with E-state index in [1.54, 1.807) is 12.1 Å². The van der Waals surface area contributed by atoms with Crippen LogP contribution in [0.3, 0.4) is 0 Å². The second-order valence-electron chi connectivity index (χ2n) is 6.33. The van der Waals surface area contributed by atoms with E-state index in [-0.39, 0.29) is 17.9 Å². The van der Waals surface area contributed by atoms with Crippen molar-refractivity contribution in [3.63, 3.8) is 0 Å². The number of hydrogen-bond acceptors (Lipinski definition) is 5. The summed E-state index contributed by atoms with van der Waals surface area (Å²) in [5.74, 6) is -0.956. The van der Waals surface area contributed by atoms with Crippen LogP contribution in [0.15, 0.2) is 41.6 Å². The second-order valence-corrected chi connectivity index (χ2v) is 8.17. The third-order valence-electron chi connectivity index (χ3n) is 4.19. The van der Waals surface area contributed by atoms with Gasteiger partial charge in [0.1, 0.15) is 6.04 Å². The Kier molecular flexibility index (Phi) is 7.37. The van der Waals surface area contributed by atoms with E-state index in [1.807, 2.05) is 6.92 Å². The summed E-state index contributed by atoms with van der Waals surface area (Å²) in [7, 11) is -3.96. The summed E-state index contributed by atoms with van der Waals surface area (Å²) in [6, 6.07) is 5.15. The summed E-state index contributed by atoms with van der Waals surface area (Å²) in [4.78, 5) is 24.4. The van der Waals surface area contributed by atoms with Crippen LogP contribution in [0.5, 0.6) is 0 Å². The van der Waals surface area contributed by atoms with E-state index in [4.69, 9.17) is 5.11 Å². The number of hydrogen-bond donors (Lipinski definition) is 3. The highest BCUT2D eigenvalue weighted by Crippen LogP contribution is 2.22. The number of aliphatic hydroxyl groups excluding tert-OH is 1. The summed E-state index contributed by atoms with van der Waals surface area (Å²) in [6.07, 6.45) is 4.37. The number of amides is 2. The molecule has 0 aromatic heterocycles. The molecule has 0 bridgehead atoms. The van der Waals surface area contributed by atoms with E-state index in [1.165, 1.54) is 24.5 Å². The number of carbonyl (C=O) groups is 2. The van der Waals surface area contributed by atoms with Crippen molar-refractivity contribution in [3.8, 4) is 0 Å². The van der Waals surface area contributed by atoms with E-state index in [0.717, 1.165) is 16.3 Å². The van der Waals surface area contributed by atoms with E-state index < -0.39 is 27.9 Å². The predicted molar refractivity (Wildman–Crippen MR) is 99.8 cm³/mol. The minimum atomic E-state index is -3.96. The molecule has 2 amide bonds. The molecule has 27 heavy (non-hydrogen) atoms. The standard InChI is InChI=1S/C18H25N3O5S/c1-14-5-7-15(8-6-14)27(25,26)21-11-10-20-18(24)16(21)13-17(23)19-9-3-2-4-12-22/h5-8,10-11,16,22H,2-4,9,12-13H2,1H3,(H,19,23)(H,20,24)/t16-/m1/s1. The molecular weight excluding hydrogens is 370 g/mol.